The van der Waals surface area contributed by atoms with Crippen LogP contribution >= 0.6 is 0 Å². The molecule has 0 fully saturated rings. The number of amides is 1. The zero-order valence-corrected chi connectivity index (χ0v) is 6.90. The van der Waals surface area contributed by atoms with Crippen LogP contribution in [0.2, 0.25) is 0 Å². The lowest BCUT2D eigenvalue weighted by molar-refractivity contribution is 0.0182. The van der Waals surface area contributed by atoms with E-state index < -0.39 is 6.09 Å². The average molecular weight is 182 g/mol. The van der Waals surface area contributed by atoms with Gasteiger partial charge in [-0.15, -0.1) is 0 Å². The van der Waals surface area contributed by atoms with Gasteiger partial charge in [-0.1, -0.05) is 30.3 Å². The minimum Gasteiger partial charge on any atom is -0.355 e. The second-order valence-electron chi connectivity index (χ2n) is 2.28. The molecule has 70 valence electrons. The zero-order chi connectivity index (χ0) is 9.52. The minimum absolute atomic E-state index is 0.274. The fourth-order valence-electron chi connectivity index (χ4n) is 0.777. The Morgan fingerprint density at radius 1 is 1.38 bits per heavy atom. The molecule has 0 aliphatic rings. The highest BCUT2D eigenvalue weighted by Gasteiger charge is 1.97. The van der Waals surface area contributed by atoms with Crippen molar-refractivity contribution < 1.29 is 14.5 Å². The fraction of sp³-hybridized carbons (Fsp3) is 0.125. The van der Waals surface area contributed by atoms with Crippen LogP contribution in [0.1, 0.15) is 5.56 Å². The summed E-state index contributed by atoms with van der Waals surface area (Å²) in [5.74, 6) is 4.56. The van der Waals surface area contributed by atoms with Crippen LogP contribution in [-0.2, 0) is 16.3 Å². The standard InChI is InChI=1S/C8H10N2O3/c9-13-8(11)10-12-6-7-4-2-1-3-5-7/h1-5H,6,9H2,(H,10,11). The SMILES string of the molecule is NOC(=O)NOCc1ccccc1. The van der Waals surface area contributed by atoms with Gasteiger partial charge in [0.2, 0.25) is 0 Å². The first-order chi connectivity index (χ1) is 6.33. The molecule has 0 aromatic heterocycles. The number of nitrogens with one attached hydrogen (secondary N) is 1. The molecule has 13 heavy (non-hydrogen) atoms. The van der Waals surface area contributed by atoms with Gasteiger partial charge in [0.25, 0.3) is 0 Å². The summed E-state index contributed by atoms with van der Waals surface area (Å²) in [5.41, 5.74) is 2.94. The topological polar surface area (TPSA) is 73.6 Å². The van der Waals surface area contributed by atoms with Crippen LogP contribution in [0, 0.1) is 0 Å². The highest BCUT2D eigenvalue weighted by atomic mass is 16.7. The number of carbonyl (C=O) groups is 1. The maximum absolute atomic E-state index is 10.4. The molecule has 0 unspecified atom stereocenters. The second-order valence-corrected chi connectivity index (χ2v) is 2.28. The van der Waals surface area contributed by atoms with E-state index in [1.165, 1.54) is 0 Å². The van der Waals surface area contributed by atoms with E-state index in [4.69, 9.17) is 4.84 Å². The summed E-state index contributed by atoms with van der Waals surface area (Å²) in [6, 6.07) is 9.38. The van der Waals surface area contributed by atoms with E-state index in [2.05, 4.69) is 10.7 Å². The smallest absolute Gasteiger partial charge is 0.355 e. The molecule has 0 bridgehead atoms. The Morgan fingerprint density at radius 2 is 2.08 bits per heavy atom. The first kappa shape index (κ1) is 9.50. The number of benzene rings is 1. The summed E-state index contributed by atoms with van der Waals surface area (Å²) in [5, 5.41) is 0. The van der Waals surface area contributed by atoms with Crippen LogP contribution in [0.5, 0.6) is 0 Å². The van der Waals surface area contributed by atoms with Crippen molar-refractivity contribution in [2.75, 3.05) is 0 Å². The normalized spacial score (nSPS) is 9.31. The number of hydrogen-bond acceptors (Lipinski definition) is 4. The number of nitrogens with two attached hydrogens (primary N) is 1. The monoisotopic (exact) mass is 182 g/mol. The molecule has 0 spiro atoms. The molecule has 5 heteroatoms. The van der Waals surface area contributed by atoms with E-state index in [1.54, 1.807) is 0 Å². The molecule has 1 amide bonds. The van der Waals surface area contributed by atoms with Gasteiger partial charge >= 0.3 is 6.09 Å². The molecule has 0 atom stereocenters. The van der Waals surface area contributed by atoms with Crippen molar-refractivity contribution in [3.63, 3.8) is 0 Å². The van der Waals surface area contributed by atoms with Gasteiger partial charge in [0.05, 0.1) is 6.61 Å². The van der Waals surface area contributed by atoms with Crippen LogP contribution in [-0.4, -0.2) is 6.09 Å². The third kappa shape index (κ3) is 3.55. The van der Waals surface area contributed by atoms with E-state index in [0.717, 1.165) is 5.56 Å². The number of hydrogen-bond donors (Lipinski definition) is 2. The van der Waals surface area contributed by atoms with Crippen LogP contribution in [0.15, 0.2) is 30.3 Å². The highest BCUT2D eigenvalue weighted by molar-refractivity contribution is 5.65. The molecule has 3 N–H and O–H groups in total. The van der Waals surface area contributed by atoms with Crippen molar-refractivity contribution in [1.82, 2.24) is 5.48 Å². The van der Waals surface area contributed by atoms with Crippen LogP contribution < -0.4 is 11.4 Å². The first-order valence-electron chi connectivity index (χ1n) is 3.65. The van der Waals surface area contributed by atoms with Gasteiger partial charge < -0.3 is 4.84 Å². The van der Waals surface area contributed by atoms with Gasteiger partial charge in [0.1, 0.15) is 0 Å². The molecule has 0 saturated carbocycles. The first-order valence-corrected chi connectivity index (χ1v) is 3.65. The van der Waals surface area contributed by atoms with E-state index in [9.17, 15) is 4.79 Å². The van der Waals surface area contributed by atoms with Crippen molar-refractivity contribution in [3.8, 4) is 0 Å². The maximum Gasteiger partial charge on any atom is 0.450 e. The number of rotatable bonds is 3. The van der Waals surface area contributed by atoms with Crippen LogP contribution in [0.4, 0.5) is 4.79 Å². The van der Waals surface area contributed by atoms with Crippen molar-refractivity contribution in [1.29, 1.82) is 0 Å². The predicted octanol–water partition coefficient (Wildman–Crippen LogP) is 0.718. The molecule has 5 nitrogen and oxygen atoms in total. The fourth-order valence-corrected chi connectivity index (χ4v) is 0.777. The lowest BCUT2D eigenvalue weighted by atomic mass is 10.2. The largest absolute Gasteiger partial charge is 0.450 e. The quantitative estimate of drug-likeness (QED) is 0.675. The van der Waals surface area contributed by atoms with Gasteiger partial charge in [0.15, 0.2) is 0 Å². The summed E-state index contributed by atoms with van der Waals surface area (Å²) in [4.78, 5) is 19.0. The van der Waals surface area contributed by atoms with E-state index >= 15 is 0 Å². The lowest BCUT2D eigenvalue weighted by Crippen LogP contribution is -2.26. The van der Waals surface area contributed by atoms with Crippen LogP contribution in [0.25, 0.3) is 0 Å². The van der Waals surface area contributed by atoms with Crippen LogP contribution in [0.3, 0.4) is 0 Å². The molecule has 0 saturated heterocycles. The molecule has 0 heterocycles. The Hall–Kier alpha value is -1.59. The van der Waals surface area contributed by atoms with E-state index in [-0.39, 0.29) is 6.61 Å². The summed E-state index contributed by atoms with van der Waals surface area (Å²) in [6.45, 7) is 0.274. The predicted molar refractivity (Wildman–Crippen MR) is 45.0 cm³/mol. The minimum atomic E-state index is -0.823. The van der Waals surface area contributed by atoms with Crippen molar-refractivity contribution in [3.05, 3.63) is 35.9 Å². The van der Waals surface area contributed by atoms with Gasteiger partial charge in [-0.3, -0.25) is 4.84 Å². The molecule has 1 rings (SSSR count). The Kier molecular flexibility index (Phi) is 3.74. The molecule has 0 aliphatic carbocycles. The molecule has 0 radical (unpaired) electrons. The van der Waals surface area contributed by atoms with Gasteiger partial charge in [-0.05, 0) is 5.56 Å². The summed E-state index contributed by atoms with van der Waals surface area (Å²) >= 11 is 0. The Bertz CT molecular complexity index is 263. The van der Waals surface area contributed by atoms with Crippen molar-refractivity contribution >= 4 is 6.09 Å². The molecular formula is C8H10N2O3. The lowest BCUT2D eigenvalue weighted by Gasteiger charge is -2.03. The second kappa shape index (κ2) is 5.13. The van der Waals surface area contributed by atoms with E-state index in [0.29, 0.717) is 0 Å². The van der Waals surface area contributed by atoms with E-state index in [1.807, 2.05) is 35.8 Å². The summed E-state index contributed by atoms with van der Waals surface area (Å²) in [6.07, 6.45) is -0.823. The summed E-state index contributed by atoms with van der Waals surface area (Å²) in [7, 11) is 0. The molecule has 1 aromatic rings. The van der Waals surface area contributed by atoms with Crippen molar-refractivity contribution in [2.45, 2.75) is 6.61 Å². The molecule has 0 aliphatic heterocycles. The Labute approximate surface area is 75.3 Å². The third-order valence-corrected chi connectivity index (χ3v) is 1.34. The number of carbonyl (C=O) groups excluding carboxylic acids is 1. The highest BCUT2D eigenvalue weighted by Crippen LogP contribution is 1.98. The average Bonchev–Trinajstić information content (AvgIpc) is 2.19. The van der Waals surface area contributed by atoms with Gasteiger partial charge in [0, 0.05) is 0 Å². The van der Waals surface area contributed by atoms with Gasteiger partial charge in [-0.2, -0.15) is 11.4 Å². The van der Waals surface area contributed by atoms with Crippen molar-refractivity contribution in [2.24, 2.45) is 5.90 Å². The Balaban J connectivity index is 2.24. The molecule has 1 aromatic carbocycles. The maximum atomic E-state index is 10.4. The third-order valence-electron chi connectivity index (χ3n) is 1.34. The summed E-state index contributed by atoms with van der Waals surface area (Å²) < 4.78 is 0. The zero-order valence-electron chi connectivity index (χ0n) is 6.90. The number of hydroxylamine groups is 1. The van der Waals surface area contributed by atoms with Gasteiger partial charge in [-0.25, -0.2) is 4.79 Å². The Morgan fingerprint density at radius 3 is 2.69 bits per heavy atom. The molecular weight excluding hydrogens is 172 g/mol.